The van der Waals surface area contributed by atoms with E-state index < -0.39 is 0 Å². The number of carbonyl (C=O) groups is 1. The summed E-state index contributed by atoms with van der Waals surface area (Å²) in [5.41, 5.74) is 1.69. The van der Waals surface area contributed by atoms with E-state index in [1.807, 2.05) is 0 Å². The molecule has 0 radical (unpaired) electrons. The minimum absolute atomic E-state index is 0.213. The quantitative estimate of drug-likeness (QED) is 0.911. The standard InChI is InChI=1S/C14H12ClN3OS2/c1-18-5-4-8-9(6-16)14(21-11(8)7-18)17-13(19)10-2-3-12(15)20-10/h2-3H,4-5,7H2,1H3,(H,17,19). The molecule has 0 aromatic carbocycles. The molecule has 0 fully saturated rings. The highest BCUT2D eigenvalue weighted by atomic mass is 35.5. The first-order valence-electron chi connectivity index (χ1n) is 6.38. The molecule has 0 saturated heterocycles. The van der Waals surface area contributed by atoms with Crippen LogP contribution in [0.1, 0.15) is 25.7 Å². The van der Waals surface area contributed by atoms with Crippen LogP contribution in [0.4, 0.5) is 5.00 Å². The number of hydrogen-bond acceptors (Lipinski definition) is 5. The summed E-state index contributed by atoms with van der Waals surface area (Å²) < 4.78 is 0.577. The average molecular weight is 338 g/mol. The van der Waals surface area contributed by atoms with Gasteiger partial charge in [-0.15, -0.1) is 22.7 Å². The van der Waals surface area contributed by atoms with E-state index in [4.69, 9.17) is 11.6 Å². The molecule has 4 nitrogen and oxygen atoms in total. The van der Waals surface area contributed by atoms with Gasteiger partial charge in [-0.25, -0.2) is 0 Å². The molecule has 1 N–H and O–H groups in total. The van der Waals surface area contributed by atoms with Crippen LogP contribution in [-0.2, 0) is 13.0 Å². The summed E-state index contributed by atoms with van der Waals surface area (Å²) in [6.45, 7) is 1.77. The van der Waals surface area contributed by atoms with E-state index in [2.05, 4.69) is 23.3 Å². The maximum Gasteiger partial charge on any atom is 0.266 e. The Morgan fingerprint density at radius 3 is 2.95 bits per heavy atom. The lowest BCUT2D eigenvalue weighted by molar-refractivity contribution is 0.103. The Kier molecular flexibility index (Phi) is 4.00. The van der Waals surface area contributed by atoms with Crippen LogP contribution in [0, 0.1) is 11.3 Å². The molecule has 2 aromatic heterocycles. The van der Waals surface area contributed by atoms with Gasteiger partial charge in [0.15, 0.2) is 0 Å². The molecule has 1 aliphatic heterocycles. The van der Waals surface area contributed by atoms with Gasteiger partial charge in [0.1, 0.15) is 11.1 Å². The predicted octanol–water partition coefficient (Wildman–Crippen LogP) is 3.57. The van der Waals surface area contributed by atoms with Crippen LogP contribution >= 0.6 is 34.3 Å². The van der Waals surface area contributed by atoms with Gasteiger partial charge in [0.2, 0.25) is 0 Å². The Morgan fingerprint density at radius 1 is 1.48 bits per heavy atom. The minimum Gasteiger partial charge on any atom is -0.312 e. The number of nitrogens with one attached hydrogen (secondary N) is 1. The van der Waals surface area contributed by atoms with Gasteiger partial charge in [-0.3, -0.25) is 4.79 Å². The zero-order valence-corrected chi connectivity index (χ0v) is 13.7. The molecule has 0 saturated carbocycles. The van der Waals surface area contributed by atoms with E-state index in [-0.39, 0.29) is 5.91 Å². The number of nitrogens with zero attached hydrogens (tertiary/aromatic N) is 2. The van der Waals surface area contributed by atoms with Crippen molar-refractivity contribution in [3.05, 3.63) is 37.4 Å². The molecule has 108 valence electrons. The average Bonchev–Trinajstić information content (AvgIpc) is 3.01. The summed E-state index contributed by atoms with van der Waals surface area (Å²) >= 11 is 8.57. The highest BCUT2D eigenvalue weighted by molar-refractivity contribution is 7.18. The molecule has 0 atom stereocenters. The third kappa shape index (κ3) is 2.83. The summed E-state index contributed by atoms with van der Waals surface area (Å²) in [4.78, 5) is 16.1. The number of amides is 1. The van der Waals surface area contributed by atoms with Gasteiger partial charge in [-0.2, -0.15) is 5.26 Å². The van der Waals surface area contributed by atoms with E-state index in [0.29, 0.717) is 19.8 Å². The number of likely N-dealkylation sites (N-methyl/N-ethyl adjacent to an activating group) is 1. The summed E-state index contributed by atoms with van der Waals surface area (Å²) in [6, 6.07) is 5.62. The number of nitriles is 1. The summed E-state index contributed by atoms with van der Waals surface area (Å²) in [5.74, 6) is -0.213. The molecule has 0 aliphatic carbocycles. The molecule has 2 aromatic rings. The van der Waals surface area contributed by atoms with Crippen LogP contribution in [0.15, 0.2) is 12.1 Å². The molecule has 3 heterocycles. The Bertz CT molecular complexity index is 744. The second-order valence-corrected chi connectivity index (χ2v) is 7.69. The number of halogens is 1. The number of anilines is 1. The Morgan fingerprint density at radius 2 is 2.29 bits per heavy atom. The van der Waals surface area contributed by atoms with Gasteiger partial charge in [0.25, 0.3) is 5.91 Å². The predicted molar refractivity (Wildman–Crippen MR) is 86.4 cm³/mol. The maximum atomic E-state index is 12.2. The number of fused-ring (bicyclic) bond motifs is 1. The van der Waals surface area contributed by atoms with Crippen molar-refractivity contribution in [2.24, 2.45) is 0 Å². The first-order valence-corrected chi connectivity index (χ1v) is 8.39. The smallest absolute Gasteiger partial charge is 0.266 e. The minimum atomic E-state index is -0.213. The Hall–Kier alpha value is -1.39. The summed E-state index contributed by atoms with van der Waals surface area (Å²) in [6.07, 6.45) is 0.853. The highest BCUT2D eigenvalue weighted by Crippen LogP contribution is 2.36. The molecule has 1 amide bonds. The SMILES string of the molecule is CN1CCc2c(sc(NC(=O)c3ccc(Cl)s3)c2C#N)C1. The van der Waals surface area contributed by atoms with Crippen LogP contribution in [0.2, 0.25) is 4.34 Å². The van der Waals surface area contributed by atoms with Crippen LogP contribution in [0.25, 0.3) is 0 Å². The van der Waals surface area contributed by atoms with E-state index in [1.165, 1.54) is 27.6 Å². The molecule has 7 heteroatoms. The van der Waals surface area contributed by atoms with Crippen molar-refractivity contribution >= 4 is 45.2 Å². The number of rotatable bonds is 2. The van der Waals surface area contributed by atoms with Crippen LogP contribution in [0.5, 0.6) is 0 Å². The van der Waals surface area contributed by atoms with Gasteiger partial charge >= 0.3 is 0 Å². The van der Waals surface area contributed by atoms with Crippen molar-refractivity contribution in [1.29, 1.82) is 5.26 Å². The van der Waals surface area contributed by atoms with Gasteiger partial charge in [0.05, 0.1) is 14.8 Å². The number of thiophene rings is 2. The highest BCUT2D eigenvalue weighted by Gasteiger charge is 2.24. The fourth-order valence-electron chi connectivity index (χ4n) is 2.34. The molecule has 3 rings (SSSR count). The fourth-order valence-corrected chi connectivity index (χ4v) is 4.55. The third-order valence-corrected chi connectivity index (χ3v) is 5.75. The Labute approximate surface area is 135 Å². The van der Waals surface area contributed by atoms with Crippen molar-refractivity contribution < 1.29 is 4.79 Å². The first kappa shape index (κ1) is 14.5. The van der Waals surface area contributed by atoms with Crippen LogP contribution < -0.4 is 5.32 Å². The van der Waals surface area contributed by atoms with Crippen molar-refractivity contribution in [2.75, 3.05) is 18.9 Å². The lowest BCUT2D eigenvalue weighted by Gasteiger charge is -2.21. The van der Waals surface area contributed by atoms with E-state index >= 15 is 0 Å². The van der Waals surface area contributed by atoms with Crippen LogP contribution in [-0.4, -0.2) is 24.4 Å². The zero-order valence-electron chi connectivity index (χ0n) is 11.3. The van der Waals surface area contributed by atoms with Gasteiger partial charge < -0.3 is 10.2 Å². The molecular formula is C14H12ClN3OS2. The topological polar surface area (TPSA) is 56.1 Å². The van der Waals surface area contributed by atoms with Gasteiger partial charge in [0, 0.05) is 18.0 Å². The lowest BCUT2D eigenvalue weighted by Crippen LogP contribution is -2.25. The van der Waals surface area contributed by atoms with Crippen molar-refractivity contribution in [3.8, 4) is 6.07 Å². The zero-order chi connectivity index (χ0) is 15.0. The Balaban J connectivity index is 1.89. The molecule has 0 bridgehead atoms. The second-order valence-electron chi connectivity index (χ2n) is 4.87. The number of hydrogen-bond donors (Lipinski definition) is 1. The monoisotopic (exact) mass is 337 g/mol. The van der Waals surface area contributed by atoms with Gasteiger partial charge in [-0.1, -0.05) is 11.6 Å². The molecule has 21 heavy (non-hydrogen) atoms. The summed E-state index contributed by atoms with van der Waals surface area (Å²) in [5, 5.41) is 12.9. The van der Waals surface area contributed by atoms with E-state index in [9.17, 15) is 10.1 Å². The normalized spacial score (nSPS) is 14.5. The van der Waals surface area contributed by atoms with Crippen molar-refractivity contribution in [2.45, 2.75) is 13.0 Å². The fraction of sp³-hybridized carbons (Fsp3) is 0.286. The van der Waals surface area contributed by atoms with Crippen molar-refractivity contribution in [3.63, 3.8) is 0 Å². The van der Waals surface area contributed by atoms with Gasteiger partial charge in [-0.05, 0) is 31.2 Å². The van der Waals surface area contributed by atoms with E-state index in [1.54, 1.807) is 12.1 Å². The third-order valence-electron chi connectivity index (χ3n) is 3.38. The molecular weight excluding hydrogens is 326 g/mol. The second kappa shape index (κ2) is 5.78. The number of carbonyl (C=O) groups excluding carboxylic acids is 1. The largest absolute Gasteiger partial charge is 0.312 e. The summed E-state index contributed by atoms with van der Waals surface area (Å²) in [7, 11) is 2.06. The lowest BCUT2D eigenvalue weighted by atomic mass is 10.0. The molecule has 1 aliphatic rings. The molecule has 0 unspecified atom stereocenters. The maximum absolute atomic E-state index is 12.2. The molecule has 0 spiro atoms. The van der Waals surface area contributed by atoms with E-state index in [0.717, 1.165) is 25.1 Å². The van der Waals surface area contributed by atoms with Crippen LogP contribution in [0.3, 0.4) is 0 Å². The first-order chi connectivity index (χ1) is 10.1. The van der Waals surface area contributed by atoms with Crippen molar-refractivity contribution in [1.82, 2.24) is 4.90 Å².